The predicted octanol–water partition coefficient (Wildman–Crippen LogP) is 10.9. The van der Waals surface area contributed by atoms with Crippen molar-refractivity contribution in [3.63, 3.8) is 0 Å². The summed E-state index contributed by atoms with van der Waals surface area (Å²) in [5.74, 6) is -2.11. The maximum atomic E-state index is 13.9. The molecule has 8 bridgehead atoms. The Morgan fingerprint density at radius 3 is 2.12 bits per heavy atom. The molecule has 0 aromatic heterocycles. The van der Waals surface area contributed by atoms with Crippen LogP contribution in [0.2, 0.25) is 0 Å². The average molecular weight is 775 g/mol. The highest BCUT2D eigenvalue weighted by Crippen LogP contribution is 2.56. The van der Waals surface area contributed by atoms with Crippen LogP contribution in [0.25, 0.3) is 0 Å². The summed E-state index contributed by atoms with van der Waals surface area (Å²) in [4.78, 5) is 42.4. The van der Waals surface area contributed by atoms with Gasteiger partial charge in [-0.3, -0.25) is 9.59 Å². The number of hydrogen-bond acceptors (Lipinski definition) is 9. The molecular weight excluding hydrogens is 713 g/mol. The maximum absolute atomic E-state index is 13.9. The number of unbranched alkanes of at least 4 members (excludes halogenated alkanes) is 9. The predicted molar refractivity (Wildman–Crippen MR) is 230 cm³/mol. The van der Waals surface area contributed by atoms with Gasteiger partial charge in [-0.05, 0) is 80.6 Å². The molecule has 0 spiro atoms. The van der Waals surface area contributed by atoms with Gasteiger partial charge in [0.15, 0.2) is 0 Å². The van der Waals surface area contributed by atoms with E-state index in [0.717, 1.165) is 94.2 Å². The van der Waals surface area contributed by atoms with E-state index in [-0.39, 0.29) is 24.1 Å². The summed E-state index contributed by atoms with van der Waals surface area (Å²) >= 11 is 0. The van der Waals surface area contributed by atoms with Crippen LogP contribution < -0.4 is 5.32 Å². The number of methoxy groups -OCH3 is 2. The summed E-state index contributed by atoms with van der Waals surface area (Å²) < 4.78 is 10.6. The van der Waals surface area contributed by atoms with Crippen molar-refractivity contribution >= 4 is 29.1 Å². The van der Waals surface area contributed by atoms with E-state index in [1.165, 1.54) is 59.2 Å². The zero-order valence-electron chi connectivity index (χ0n) is 35.5. The van der Waals surface area contributed by atoms with Crippen LogP contribution in [0, 0.1) is 17.3 Å². The fraction of sp³-hybridized carbons (Fsp3) is 0.521. The molecule has 0 saturated carbocycles. The van der Waals surface area contributed by atoms with Gasteiger partial charge in [-0.2, -0.15) is 0 Å². The zero-order valence-corrected chi connectivity index (χ0v) is 35.5. The molecule has 0 amide bonds. The first kappa shape index (κ1) is 41.8. The van der Waals surface area contributed by atoms with E-state index < -0.39 is 17.3 Å². The van der Waals surface area contributed by atoms with Crippen LogP contribution >= 0.6 is 0 Å². The van der Waals surface area contributed by atoms with Crippen molar-refractivity contribution in [1.82, 2.24) is 5.32 Å². The van der Waals surface area contributed by atoms with Crippen LogP contribution in [0.3, 0.4) is 0 Å². The number of carbonyl (C=O) groups is 2. The van der Waals surface area contributed by atoms with Gasteiger partial charge in [0.2, 0.25) is 0 Å². The number of carbonyl (C=O) groups excluding carboxylic acids is 2. The van der Waals surface area contributed by atoms with E-state index in [1.807, 2.05) is 19.1 Å². The number of rotatable bonds is 17. The molecule has 0 aromatic rings. The van der Waals surface area contributed by atoms with Gasteiger partial charge in [-0.1, -0.05) is 97.6 Å². The normalized spacial score (nSPS) is 23.8. The average Bonchev–Trinajstić information content (AvgIpc) is 3.94. The van der Waals surface area contributed by atoms with E-state index >= 15 is 0 Å². The minimum atomic E-state index is -1.08. The Morgan fingerprint density at radius 2 is 1.49 bits per heavy atom. The van der Waals surface area contributed by atoms with Gasteiger partial charge in [0.1, 0.15) is 11.7 Å². The lowest BCUT2D eigenvalue weighted by molar-refractivity contribution is -0.144. The van der Waals surface area contributed by atoms with Crippen molar-refractivity contribution in [2.45, 2.75) is 131 Å². The highest BCUT2D eigenvalue weighted by molar-refractivity contribution is 6.24. The molecular formula is C48H62N4O5. The third-order valence-corrected chi connectivity index (χ3v) is 13.1. The van der Waals surface area contributed by atoms with Crippen LogP contribution in [0.15, 0.2) is 119 Å². The number of fused-ring (bicyclic) bond motifs is 5. The summed E-state index contributed by atoms with van der Waals surface area (Å²) in [6.07, 6.45) is 22.3. The van der Waals surface area contributed by atoms with Crippen LogP contribution in [-0.2, 0) is 19.1 Å². The summed E-state index contributed by atoms with van der Waals surface area (Å²) in [6, 6.07) is 0. The fourth-order valence-electron chi connectivity index (χ4n) is 9.65. The molecule has 5 aliphatic heterocycles. The lowest BCUT2D eigenvalue weighted by Gasteiger charge is -2.36. The SMILES string of the molecule is C=CC1=C(C)C2=NC1=CC1=NC(=CC3=C(C)C4=C(O)[C@H](C(=O)OC)C(=C5NC(=C2)[C@@H](C)[C@]5(CCCCCCCCCCCC)CCC(=O)OC)C4=N3)C(CC)=C1C. The number of esters is 2. The second-order valence-corrected chi connectivity index (χ2v) is 16.3. The Morgan fingerprint density at radius 1 is 0.842 bits per heavy atom. The number of allylic oxidation sites excluding steroid dienone is 11. The van der Waals surface area contributed by atoms with Gasteiger partial charge in [0.25, 0.3) is 0 Å². The van der Waals surface area contributed by atoms with Gasteiger partial charge in [0.05, 0.1) is 48.4 Å². The van der Waals surface area contributed by atoms with E-state index in [0.29, 0.717) is 29.0 Å². The van der Waals surface area contributed by atoms with Gasteiger partial charge >= 0.3 is 11.9 Å². The van der Waals surface area contributed by atoms with Crippen LogP contribution in [0.5, 0.6) is 0 Å². The molecule has 6 rings (SSSR count). The van der Waals surface area contributed by atoms with E-state index in [2.05, 4.69) is 58.7 Å². The number of ether oxygens (including phenoxy) is 2. The monoisotopic (exact) mass is 774 g/mol. The number of hydrogen-bond donors (Lipinski definition) is 2. The molecule has 6 aliphatic rings. The molecule has 9 nitrogen and oxygen atoms in total. The molecule has 1 fully saturated rings. The lowest BCUT2D eigenvalue weighted by Crippen LogP contribution is -2.32. The van der Waals surface area contributed by atoms with Crippen molar-refractivity contribution in [3.8, 4) is 0 Å². The first-order valence-corrected chi connectivity index (χ1v) is 21.2. The summed E-state index contributed by atoms with van der Waals surface area (Å²) in [5.41, 5.74) is 11.7. The van der Waals surface area contributed by atoms with E-state index in [9.17, 15) is 14.7 Å². The second-order valence-electron chi connectivity index (χ2n) is 16.3. The molecule has 1 saturated heterocycles. The third-order valence-electron chi connectivity index (χ3n) is 13.1. The van der Waals surface area contributed by atoms with Crippen molar-refractivity contribution in [2.75, 3.05) is 14.2 Å². The molecule has 304 valence electrons. The minimum absolute atomic E-state index is 0.0667. The molecule has 0 radical (unpaired) electrons. The van der Waals surface area contributed by atoms with Crippen LogP contribution in [0.1, 0.15) is 131 Å². The third kappa shape index (κ3) is 7.79. The van der Waals surface area contributed by atoms with Crippen molar-refractivity contribution < 1.29 is 24.2 Å². The second kappa shape index (κ2) is 17.8. The highest BCUT2D eigenvalue weighted by atomic mass is 16.5. The van der Waals surface area contributed by atoms with Crippen LogP contribution in [0.4, 0.5) is 0 Å². The number of aliphatic imine (C=N–C) groups is 3. The van der Waals surface area contributed by atoms with Crippen molar-refractivity contribution in [2.24, 2.45) is 32.2 Å². The van der Waals surface area contributed by atoms with Gasteiger partial charge in [0, 0.05) is 45.9 Å². The smallest absolute Gasteiger partial charge is 0.321 e. The molecule has 1 aliphatic carbocycles. The molecule has 5 heterocycles. The number of nitrogens with zero attached hydrogens (tertiary/aromatic N) is 3. The molecule has 3 atom stereocenters. The molecule has 57 heavy (non-hydrogen) atoms. The lowest BCUT2D eigenvalue weighted by atomic mass is 9.67. The first-order valence-electron chi connectivity index (χ1n) is 21.2. The molecule has 0 unspecified atom stereocenters. The number of aliphatic hydroxyl groups is 1. The summed E-state index contributed by atoms with van der Waals surface area (Å²) in [5, 5.41) is 15.9. The molecule has 0 aromatic carbocycles. The Labute approximate surface area is 339 Å². The Balaban J connectivity index is 1.54. The topological polar surface area (TPSA) is 122 Å². The Hall–Kier alpha value is -4.79. The molecule has 9 heteroatoms. The van der Waals surface area contributed by atoms with Crippen molar-refractivity contribution in [1.29, 1.82) is 0 Å². The zero-order chi connectivity index (χ0) is 41.0. The fourth-order valence-corrected chi connectivity index (χ4v) is 9.65. The number of nitrogens with one attached hydrogen (secondary N) is 1. The first-order chi connectivity index (χ1) is 27.5. The quantitative estimate of drug-likeness (QED) is 0.112. The Bertz CT molecular complexity index is 2080. The van der Waals surface area contributed by atoms with Gasteiger partial charge < -0.3 is 19.9 Å². The van der Waals surface area contributed by atoms with E-state index in [1.54, 1.807) is 0 Å². The summed E-state index contributed by atoms with van der Waals surface area (Å²) in [7, 11) is 2.78. The van der Waals surface area contributed by atoms with Crippen molar-refractivity contribution in [3.05, 3.63) is 104 Å². The van der Waals surface area contributed by atoms with Gasteiger partial charge in [-0.25, -0.2) is 15.0 Å². The largest absolute Gasteiger partial charge is 0.510 e. The summed E-state index contributed by atoms with van der Waals surface area (Å²) in [6.45, 7) is 16.8. The molecule has 2 N–H and O–H groups in total. The van der Waals surface area contributed by atoms with Gasteiger partial charge in [-0.15, -0.1) is 0 Å². The standard InChI is InChI=1S/C48H62N4O5/c1-10-13-14-15-16-17-18-19-20-21-23-48(24-22-40(53)56-8)31(7)37-25-34-28(4)32(11-2)38(49-34)26-35-29(5)33(12-3)39(50-35)27-36-30(6)41-44(51-36)42(46(48)52-37)43(45(41)54)47(55)57-9/h11,25-27,31,43,52,54H,2,10,12-24H2,1,3-9H3/t31-,43-,48+/m1/s1. The highest BCUT2D eigenvalue weighted by Gasteiger charge is 2.54. The minimum Gasteiger partial charge on any atom is -0.510 e. The Kier molecular flexibility index (Phi) is 13.0. The number of aliphatic hydroxyl groups excluding tert-OH is 1. The van der Waals surface area contributed by atoms with Crippen LogP contribution in [-0.4, -0.2) is 48.4 Å². The maximum Gasteiger partial charge on any atom is 0.321 e. The van der Waals surface area contributed by atoms with E-state index in [4.69, 9.17) is 24.5 Å².